The van der Waals surface area contributed by atoms with E-state index in [2.05, 4.69) is 36.6 Å². The summed E-state index contributed by atoms with van der Waals surface area (Å²) in [5.41, 5.74) is 5.50. The molecule has 1 aliphatic rings. The number of rotatable bonds is 2. The van der Waals surface area contributed by atoms with Crippen LogP contribution < -0.4 is 4.90 Å². The minimum Gasteiger partial charge on any atom is -0.336 e. The number of hydrogen-bond donors (Lipinski definition) is 0. The molecule has 3 aromatic rings. The van der Waals surface area contributed by atoms with Gasteiger partial charge in [0.25, 0.3) is 5.91 Å². The van der Waals surface area contributed by atoms with Gasteiger partial charge in [-0.15, -0.1) is 0 Å². The monoisotopic (exact) mass is 304 g/mol. The van der Waals surface area contributed by atoms with Crippen LogP contribution in [0.5, 0.6) is 0 Å². The summed E-state index contributed by atoms with van der Waals surface area (Å²) in [5.74, 6) is 0.120. The van der Waals surface area contributed by atoms with Gasteiger partial charge in [0, 0.05) is 24.2 Å². The molecule has 1 aromatic heterocycles. The largest absolute Gasteiger partial charge is 0.336 e. The van der Waals surface area contributed by atoms with E-state index in [4.69, 9.17) is 0 Å². The van der Waals surface area contributed by atoms with Crippen molar-refractivity contribution < 1.29 is 4.79 Å². The highest BCUT2D eigenvalue weighted by molar-refractivity contribution is 6.11. The van der Waals surface area contributed by atoms with Crippen molar-refractivity contribution in [1.29, 1.82) is 0 Å². The molecule has 2 heterocycles. The fourth-order valence-electron chi connectivity index (χ4n) is 3.78. The van der Waals surface area contributed by atoms with Gasteiger partial charge in [0.15, 0.2) is 0 Å². The standard InChI is InChI=1S/C20H20N2O/c1-3-21-18-14(2)8-7-11-16(18)17-12-13-22(20(23)19(17)21)15-9-5-4-6-10-15/h4-11H,3,12-13H2,1-2H3. The summed E-state index contributed by atoms with van der Waals surface area (Å²) in [6, 6.07) is 16.3. The van der Waals surface area contributed by atoms with Crippen molar-refractivity contribution in [2.75, 3.05) is 11.4 Å². The molecule has 0 atom stereocenters. The van der Waals surface area contributed by atoms with Gasteiger partial charge < -0.3 is 9.47 Å². The quantitative estimate of drug-likeness (QED) is 0.697. The van der Waals surface area contributed by atoms with Crippen molar-refractivity contribution in [2.45, 2.75) is 26.8 Å². The third-order valence-electron chi connectivity index (χ3n) is 4.81. The Kier molecular flexibility index (Phi) is 3.22. The highest BCUT2D eigenvalue weighted by Crippen LogP contribution is 2.34. The van der Waals surface area contributed by atoms with E-state index in [0.717, 1.165) is 30.9 Å². The minimum atomic E-state index is 0.120. The average molecular weight is 304 g/mol. The van der Waals surface area contributed by atoms with Crippen molar-refractivity contribution in [3.8, 4) is 0 Å². The van der Waals surface area contributed by atoms with Gasteiger partial charge in [0.2, 0.25) is 0 Å². The average Bonchev–Trinajstić information content (AvgIpc) is 2.92. The van der Waals surface area contributed by atoms with Crippen LogP contribution >= 0.6 is 0 Å². The number of hydrogen-bond acceptors (Lipinski definition) is 1. The van der Waals surface area contributed by atoms with E-state index in [-0.39, 0.29) is 5.91 Å². The Morgan fingerprint density at radius 2 is 1.83 bits per heavy atom. The fourth-order valence-corrected chi connectivity index (χ4v) is 3.78. The molecular weight excluding hydrogens is 284 g/mol. The van der Waals surface area contributed by atoms with E-state index in [0.29, 0.717) is 0 Å². The normalized spacial score (nSPS) is 14.3. The van der Waals surface area contributed by atoms with Crippen molar-refractivity contribution in [2.24, 2.45) is 0 Å². The molecule has 2 aromatic carbocycles. The SMILES string of the molecule is CCn1c2c(c3cccc(C)c31)CCN(c1ccccc1)C2=O. The van der Waals surface area contributed by atoms with Gasteiger partial charge >= 0.3 is 0 Å². The van der Waals surface area contributed by atoms with Gasteiger partial charge in [0.05, 0.1) is 5.52 Å². The number of carbonyl (C=O) groups is 1. The van der Waals surface area contributed by atoms with Crippen LogP contribution in [0.25, 0.3) is 10.9 Å². The smallest absolute Gasteiger partial charge is 0.275 e. The van der Waals surface area contributed by atoms with E-state index >= 15 is 0 Å². The Morgan fingerprint density at radius 3 is 2.57 bits per heavy atom. The van der Waals surface area contributed by atoms with Gasteiger partial charge in [-0.3, -0.25) is 4.79 Å². The van der Waals surface area contributed by atoms with Crippen LogP contribution in [0.15, 0.2) is 48.5 Å². The molecule has 116 valence electrons. The maximum absolute atomic E-state index is 13.2. The summed E-state index contributed by atoms with van der Waals surface area (Å²) in [4.78, 5) is 15.1. The Labute approximate surface area is 136 Å². The second-order valence-corrected chi connectivity index (χ2v) is 6.08. The molecule has 1 amide bonds. The fraction of sp³-hybridized carbons (Fsp3) is 0.250. The zero-order chi connectivity index (χ0) is 16.0. The molecule has 0 bridgehead atoms. The Balaban J connectivity index is 1.93. The molecule has 0 radical (unpaired) electrons. The van der Waals surface area contributed by atoms with Gasteiger partial charge in [0.1, 0.15) is 5.69 Å². The van der Waals surface area contributed by atoms with Crippen LogP contribution in [0.2, 0.25) is 0 Å². The maximum atomic E-state index is 13.2. The summed E-state index contributed by atoms with van der Waals surface area (Å²) in [6.45, 7) is 5.79. The lowest BCUT2D eigenvalue weighted by Crippen LogP contribution is -2.38. The van der Waals surface area contributed by atoms with Gasteiger partial charge in [-0.05, 0) is 43.5 Å². The molecule has 4 rings (SSSR count). The van der Waals surface area contributed by atoms with Crippen LogP contribution in [0.3, 0.4) is 0 Å². The topological polar surface area (TPSA) is 25.2 Å². The van der Waals surface area contributed by atoms with Crippen molar-refractivity contribution in [3.05, 3.63) is 65.4 Å². The molecule has 0 fully saturated rings. The van der Waals surface area contributed by atoms with E-state index in [1.807, 2.05) is 35.2 Å². The summed E-state index contributed by atoms with van der Waals surface area (Å²) >= 11 is 0. The highest BCUT2D eigenvalue weighted by atomic mass is 16.2. The lowest BCUT2D eigenvalue weighted by atomic mass is 10.0. The number of fused-ring (bicyclic) bond motifs is 3. The molecule has 0 unspecified atom stereocenters. The predicted octanol–water partition coefficient (Wildman–Crippen LogP) is 4.17. The number of para-hydroxylation sites is 2. The van der Waals surface area contributed by atoms with Crippen molar-refractivity contribution >= 4 is 22.5 Å². The van der Waals surface area contributed by atoms with E-state index < -0.39 is 0 Å². The van der Waals surface area contributed by atoms with E-state index in [1.54, 1.807) is 0 Å². The Hall–Kier alpha value is -2.55. The number of nitrogens with zero attached hydrogens (tertiary/aromatic N) is 2. The molecule has 1 aliphatic heterocycles. The first kappa shape index (κ1) is 14.1. The van der Waals surface area contributed by atoms with Crippen LogP contribution in [0.4, 0.5) is 5.69 Å². The molecule has 0 spiro atoms. The molecule has 0 saturated carbocycles. The van der Waals surface area contributed by atoms with Crippen LogP contribution in [-0.4, -0.2) is 17.0 Å². The lowest BCUT2D eigenvalue weighted by Gasteiger charge is -2.28. The molecule has 3 nitrogen and oxygen atoms in total. The number of benzene rings is 2. The first-order valence-electron chi connectivity index (χ1n) is 8.20. The highest BCUT2D eigenvalue weighted by Gasteiger charge is 2.31. The van der Waals surface area contributed by atoms with Crippen molar-refractivity contribution in [1.82, 2.24) is 4.57 Å². The van der Waals surface area contributed by atoms with Crippen LogP contribution in [0.1, 0.15) is 28.5 Å². The molecule has 0 saturated heterocycles. The first-order chi connectivity index (χ1) is 11.2. The molecule has 3 heteroatoms. The summed E-state index contributed by atoms with van der Waals surface area (Å²) in [6.07, 6.45) is 0.906. The molecule has 0 N–H and O–H groups in total. The van der Waals surface area contributed by atoms with E-state index in [1.165, 1.54) is 22.0 Å². The third kappa shape index (κ3) is 2.00. The van der Waals surface area contributed by atoms with E-state index in [9.17, 15) is 4.79 Å². The summed E-state index contributed by atoms with van der Waals surface area (Å²) in [7, 11) is 0. The number of carbonyl (C=O) groups excluding carboxylic acids is 1. The number of anilines is 1. The zero-order valence-corrected chi connectivity index (χ0v) is 13.5. The first-order valence-corrected chi connectivity index (χ1v) is 8.20. The second kappa shape index (κ2) is 5.27. The number of amides is 1. The number of aryl methyl sites for hydroxylation is 2. The zero-order valence-electron chi connectivity index (χ0n) is 13.5. The summed E-state index contributed by atoms with van der Waals surface area (Å²) in [5, 5.41) is 1.24. The Morgan fingerprint density at radius 1 is 1.04 bits per heavy atom. The predicted molar refractivity (Wildman–Crippen MR) is 94.2 cm³/mol. The second-order valence-electron chi connectivity index (χ2n) is 6.08. The van der Waals surface area contributed by atoms with Crippen molar-refractivity contribution in [3.63, 3.8) is 0 Å². The molecular formula is C20H20N2O. The molecule has 23 heavy (non-hydrogen) atoms. The van der Waals surface area contributed by atoms with Gasteiger partial charge in [-0.1, -0.05) is 36.4 Å². The number of aromatic nitrogens is 1. The summed E-state index contributed by atoms with van der Waals surface area (Å²) < 4.78 is 2.19. The maximum Gasteiger partial charge on any atom is 0.275 e. The van der Waals surface area contributed by atoms with Gasteiger partial charge in [-0.25, -0.2) is 0 Å². The molecule has 0 aliphatic carbocycles. The van der Waals surface area contributed by atoms with Crippen LogP contribution in [-0.2, 0) is 13.0 Å². The lowest BCUT2D eigenvalue weighted by molar-refractivity contribution is 0.0972. The Bertz CT molecular complexity index is 893. The third-order valence-corrected chi connectivity index (χ3v) is 4.81. The minimum absolute atomic E-state index is 0.120. The van der Waals surface area contributed by atoms with Crippen LogP contribution in [0, 0.1) is 6.92 Å². The van der Waals surface area contributed by atoms with Gasteiger partial charge in [-0.2, -0.15) is 0 Å².